The van der Waals surface area contributed by atoms with Crippen LogP contribution >= 0.6 is 0 Å². The Balaban J connectivity index is 1.59. The number of fused-ring (bicyclic) bond motifs is 2. The van der Waals surface area contributed by atoms with Gasteiger partial charge in [-0.05, 0) is 65.7 Å². The van der Waals surface area contributed by atoms with Crippen LogP contribution in [-0.4, -0.2) is 50.1 Å². The molecule has 0 fully saturated rings. The van der Waals surface area contributed by atoms with Gasteiger partial charge in [-0.1, -0.05) is 18.2 Å². The Hall–Kier alpha value is -5.89. The zero-order valence-electron chi connectivity index (χ0n) is 27.4. The van der Waals surface area contributed by atoms with Gasteiger partial charge in [0.25, 0.3) is 11.5 Å². The van der Waals surface area contributed by atoms with E-state index in [1.54, 1.807) is 36.4 Å². The molecule has 6 rings (SSSR count). The van der Waals surface area contributed by atoms with Crippen molar-refractivity contribution in [3.8, 4) is 22.5 Å². The summed E-state index contributed by atoms with van der Waals surface area (Å²) in [6.07, 6.45) is 1.04. The largest absolute Gasteiger partial charge is 0.455 e. The highest BCUT2D eigenvalue weighted by Crippen LogP contribution is 2.41. The Bertz CT molecular complexity index is 2480. The number of benzene rings is 4. The number of nitrogens with one attached hydrogen (secondary N) is 2. The van der Waals surface area contributed by atoms with Gasteiger partial charge in [-0.15, -0.1) is 0 Å². The number of furan rings is 1. The van der Waals surface area contributed by atoms with Crippen molar-refractivity contribution < 1.29 is 31.2 Å². The molecule has 4 aromatic carbocycles. The summed E-state index contributed by atoms with van der Waals surface area (Å²) in [6, 6.07) is 19.1. The number of anilines is 1. The summed E-state index contributed by atoms with van der Waals surface area (Å²) >= 11 is 0. The zero-order valence-corrected chi connectivity index (χ0v) is 28.2. The van der Waals surface area contributed by atoms with Crippen molar-refractivity contribution in [2.75, 3.05) is 24.7 Å². The van der Waals surface area contributed by atoms with Gasteiger partial charge in [0.15, 0.2) is 0 Å². The molecule has 0 saturated carbocycles. The minimum atomic E-state index is -3.81. The summed E-state index contributed by atoms with van der Waals surface area (Å²) in [6.45, 7) is 1.33. The number of carbonyl (C=O) groups excluding carboxylic acids is 2. The first kappa shape index (κ1) is 34.0. The van der Waals surface area contributed by atoms with Gasteiger partial charge < -0.3 is 15.1 Å². The predicted molar refractivity (Wildman–Crippen MR) is 186 cm³/mol. The Kier molecular flexibility index (Phi) is 8.97. The monoisotopic (exact) mass is 699 g/mol. The fourth-order valence-corrected chi connectivity index (χ4v) is 6.17. The molecule has 0 atom stereocenters. The topological polar surface area (TPSA) is 144 Å². The maximum absolute atomic E-state index is 13.9. The van der Waals surface area contributed by atoms with Crippen molar-refractivity contribution in [2.45, 2.75) is 20.0 Å². The molecule has 50 heavy (non-hydrogen) atoms. The van der Waals surface area contributed by atoms with Gasteiger partial charge in [-0.25, -0.2) is 22.2 Å². The molecule has 0 saturated heterocycles. The van der Waals surface area contributed by atoms with Gasteiger partial charge in [-0.3, -0.25) is 23.3 Å². The van der Waals surface area contributed by atoms with E-state index >= 15 is 0 Å². The number of rotatable bonds is 9. The number of aromatic nitrogens is 2. The smallest absolute Gasteiger partial charge is 0.261 e. The third-order valence-electron chi connectivity index (χ3n) is 8.30. The summed E-state index contributed by atoms with van der Waals surface area (Å²) in [4.78, 5) is 43.7. The first-order valence-corrected chi connectivity index (χ1v) is 17.1. The number of carbonyl (C=O) groups is 2. The minimum Gasteiger partial charge on any atom is -0.455 e. The quantitative estimate of drug-likeness (QED) is 0.211. The first-order valence-electron chi connectivity index (χ1n) is 15.3. The molecule has 2 N–H and O–H groups in total. The average Bonchev–Trinajstić information content (AvgIpc) is 3.46. The maximum Gasteiger partial charge on any atom is 0.261 e. The van der Waals surface area contributed by atoms with Crippen molar-refractivity contribution >= 4 is 49.4 Å². The van der Waals surface area contributed by atoms with E-state index in [1.165, 1.54) is 68.1 Å². The number of hydrogen-bond donors (Lipinski definition) is 2. The van der Waals surface area contributed by atoms with Gasteiger partial charge in [0, 0.05) is 43.6 Å². The van der Waals surface area contributed by atoms with Crippen LogP contribution in [0.1, 0.15) is 28.7 Å². The lowest BCUT2D eigenvalue weighted by Crippen LogP contribution is -2.30. The Morgan fingerprint density at radius 3 is 2.18 bits per heavy atom. The SMILES string of the molecule is CNC(=O)c1c(-c2ccc(F)cc2)oc2cc(N(C)S(C)(=O)=O)c(-c3ccc4c(=O)n(Cc5ccc(F)cc5)c(CNC(C)=O)nc4c3)cc12. The second-order valence-electron chi connectivity index (χ2n) is 11.7. The molecule has 0 bridgehead atoms. The van der Waals surface area contributed by atoms with Gasteiger partial charge in [0.05, 0.1) is 41.5 Å². The van der Waals surface area contributed by atoms with E-state index in [0.717, 1.165) is 10.6 Å². The normalized spacial score (nSPS) is 11.6. The van der Waals surface area contributed by atoms with Crippen LogP contribution in [0.3, 0.4) is 0 Å². The van der Waals surface area contributed by atoms with E-state index in [2.05, 4.69) is 10.6 Å². The van der Waals surface area contributed by atoms with Crippen LogP contribution in [0.2, 0.25) is 0 Å². The van der Waals surface area contributed by atoms with E-state index in [1.807, 2.05) is 0 Å². The highest BCUT2D eigenvalue weighted by molar-refractivity contribution is 7.92. The molecule has 11 nitrogen and oxygen atoms in total. The third kappa shape index (κ3) is 6.57. The molecule has 0 radical (unpaired) electrons. The van der Waals surface area contributed by atoms with Crippen LogP contribution in [0, 0.1) is 11.6 Å². The van der Waals surface area contributed by atoms with Crippen LogP contribution < -0.4 is 20.5 Å². The van der Waals surface area contributed by atoms with E-state index in [0.29, 0.717) is 27.6 Å². The van der Waals surface area contributed by atoms with Crippen molar-refractivity contribution in [1.29, 1.82) is 0 Å². The van der Waals surface area contributed by atoms with Crippen molar-refractivity contribution in [3.63, 3.8) is 0 Å². The van der Waals surface area contributed by atoms with Crippen molar-refractivity contribution in [1.82, 2.24) is 20.2 Å². The molecule has 0 spiro atoms. The van der Waals surface area contributed by atoms with Crippen LogP contribution in [-0.2, 0) is 27.9 Å². The number of halogens is 2. The lowest BCUT2D eigenvalue weighted by Gasteiger charge is -2.21. The second kappa shape index (κ2) is 13.2. The minimum absolute atomic E-state index is 0.0673. The molecule has 256 valence electrons. The fraction of sp³-hybridized carbons (Fsp3) is 0.167. The number of sulfonamides is 1. The van der Waals surface area contributed by atoms with E-state index in [4.69, 9.17) is 9.40 Å². The summed E-state index contributed by atoms with van der Waals surface area (Å²) < 4.78 is 61.7. The summed E-state index contributed by atoms with van der Waals surface area (Å²) in [5.74, 6) is -1.32. The van der Waals surface area contributed by atoms with E-state index < -0.39 is 33.1 Å². The van der Waals surface area contributed by atoms with Crippen LogP contribution in [0.15, 0.2) is 88.1 Å². The summed E-state index contributed by atoms with van der Waals surface area (Å²) in [5, 5.41) is 5.89. The third-order valence-corrected chi connectivity index (χ3v) is 9.49. The fourth-order valence-electron chi connectivity index (χ4n) is 5.67. The Labute approximate surface area is 285 Å². The molecule has 2 heterocycles. The van der Waals surface area contributed by atoms with Gasteiger partial charge in [0.2, 0.25) is 15.9 Å². The lowest BCUT2D eigenvalue weighted by molar-refractivity contribution is -0.119. The number of amides is 2. The molecule has 0 aliphatic carbocycles. The standard InChI is InChI=1S/C36H31F2N5O6S/c1-20(44)40-18-32-41-29-15-23(9-14-26(29)36(46)43(32)19-21-5-10-24(37)11-6-21)27-16-28-31(17-30(27)42(3)50(4,47)48)49-34(33(28)35(45)39-2)22-7-12-25(38)13-8-22/h5-17H,18-19H2,1-4H3,(H,39,45)(H,40,44). The second-order valence-corrected chi connectivity index (χ2v) is 13.7. The molecule has 14 heteroatoms. The number of hydrogen-bond acceptors (Lipinski definition) is 7. The number of nitrogens with zero attached hydrogens (tertiary/aromatic N) is 3. The highest BCUT2D eigenvalue weighted by Gasteiger charge is 2.26. The Morgan fingerprint density at radius 2 is 1.56 bits per heavy atom. The van der Waals surface area contributed by atoms with Crippen molar-refractivity contribution in [3.05, 3.63) is 118 Å². The maximum atomic E-state index is 13.9. The molecular weight excluding hydrogens is 668 g/mol. The van der Waals surface area contributed by atoms with Crippen LogP contribution in [0.4, 0.5) is 14.5 Å². The average molecular weight is 700 g/mol. The first-order chi connectivity index (χ1) is 23.7. The Morgan fingerprint density at radius 1 is 0.920 bits per heavy atom. The van der Waals surface area contributed by atoms with Crippen molar-refractivity contribution in [2.24, 2.45) is 0 Å². The van der Waals surface area contributed by atoms with Gasteiger partial charge in [-0.2, -0.15) is 0 Å². The molecular formula is C36H31F2N5O6S. The molecule has 0 aliphatic heterocycles. The molecule has 6 aromatic rings. The van der Waals surface area contributed by atoms with Gasteiger partial charge >= 0.3 is 0 Å². The summed E-state index contributed by atoms with van der Waals surface area (Å²) in [5.41, 5.74) is 2.35. The molecule has 2 amide bonds. The van der Waals surface area contributed by atoms with Gasteiger partial charge in [0.1, 0.15) is 28.8 Å². The molecule has 0 unspecified atom stereocenters. The highest BCUT2D eigenvalue weighted by atomic mass is 32.2. The molecule has 0 aliphatic rings. The lowest BCUT2D eigenvalue weighted by atomic mass is 9.97. The van der Waals surface area contributed by atoms with Crippen LogP contribution in [0.5, 0.6) is 0 Å². The zero-order chi connectivity index (χ0) is 35.9. The van der Waals surface area contributed by atoms with E-state index in [9.17, 15) is 31.6 Å². The predicted octanol–water partition coefficient (Wildman–Crippen LogP) is 5.19. The summed E-state index contributed by atoms with van der Waals surface area (Å²) in [7, 11) is -0.973. The van der Waals surface area contributed by atoms with E-state index in [-0.39, 0.29) is 58.3 Å². The molecule has 2 aromatic heterocycles. The van der Waals surface area contributed by atoms with Crippen LogP contribution in [0.25, 0.3) is 44.3 Å².